The van der Waals surface area contributed by atoms with Gasteiger partial charge in [-0.1, -0.05) is 18.1 Å². The Hall–Kier alpha value is -4.90. The number of rotatable bonds is 4. The number of allylic oxidation sites excluding steroid dienone is 1. The predicted molar refractivity (Wildman–Crippen MR) is 137 cm³/mol. The first-order valence-corrected chi connectivity index (χ1v) is 11.7. The zero-order valence-corrected chi connectivity index (χ0v) is 20.0. The molecule has 10 heteroatoms. The number of carbonyl (C=O) groups excluding carboxylic acids is 2. The molecule has 2 unspecified atom stereocenters. The highest BCUT2D eigenvalue weighted by atomic mass is 16.2. The Bertz CT molecular complexity index is 1540. The number of pyridine rings is 1. The lowest BCUT2D eigenvalue weighted by atomic mass is 10.0. The molecule has 37 heavy (non-hydrogen) atoms. The monoisotopic (exact) mass is 491 g/mol. The normalized spacial score (nSPS) is 21.6. The van der Waals surface area contributed by atoms with Gasteiger partial charge < -0.3 is 10.2 Å². The number of anilines is 1. The summed E-state index contributed by atoms with van der Waals surface area (Å²) in [6.45, 7) is 2.20. The zero-order valence-electron chi connectivity index (χ0n) is 20.0. The van der Waals surface area contributed by atoms with Crippen LogP contribution in [0.4, 0.5) is 5.82 Å². The van der Waals surface area contributed by atoms with Crippen molar-refractivity contribution in [3.8, 4) is 17.9 Å². The SMILES string of the molecule is CC#CC(=O)N1CCCC1C1=C2C=NC=C[N+]2(N)C(c2ccccc2C(=O)Nc2cc(C#N)ccn2)=N1. The first-order valence-electron chi connectivity index (χ1n) is 11.7. The molecule has 3 aliphatic heterocycles. The highest BCUT2D eigenvalue weighted by Crippen LogP contribution is 2.37. The second-order valence-corrected chi connectivity index (χ2v) is 8.63. The van der Waals surface area contributed by atoms with Gasteiger partial charge in [0.1, 0.15) is 17.7 Å². The number of carbonyl (C=O) groups is 2. The first kappa shape index (κ1) is 23.8. The lowest BCUT2D eigenvalue weighted by Gasteiger charge is -2.28. The molecule has 182 valence electrons. The third-order valence-electron chi connectivity index (χ3n) is 6.43. The molecule has 3 N–H and O–H groups in total. The van der Waals surface area contributed by atoms with Gasteiger partial charge in [0.2, 0.25) is 5.70 Å². The van der Waals surface area contributed by atoms with E-state index in [2.05, 4.69) is 27.1 Å². The summed E-state index contributed by atoms with van der Waals surface area (Å²) in [7, 11) is 0. The molecule has 0 bridgehead atoms. The van der Waals surface area contributed by atoms with Gasteiger partial charge in [-0.05, 0) is 50.0 Å². The number of amides is 2. The number of nitrogens with zero attached hydrogens (tertiary/aromatic N) is 6. The van der Waals surface area contributed by atoms with Crippen LogP contribution >= 0.6 is 0 Å². The fraction of sp³-hybridized carbons (Fsp3) is 0.185. The molecule has 2 atom stereocenters. The summed E-state index contributed by atoms with van der Waals surface area (Å²) in [5, 5.41) is 11.9. The molecule has 0 radical (unpaired) electrons. The number of benzene rings is 1. The Balaban J connectivity index is 1.55. The van der Waals surface area contributed by atoms with Crippen LogP contribution in [0.3, 0.4) is 0 Å². The molecule has 1 aromatic carbocycles. The van der Waals surface area contributed by atoms with Gasteiger partial charge in [0, 0.05) is 12.7 Å². The van der Waals surface area contributed by atoms with Crippen molar-refractivity contribution in [2.75, 3.05) is 11.9 Å². The molecule has 3 aliphatic rings. The molecular formula is C27H23N8O2+. The van der Waals surface area contributed by atoms with Crippen molar-refractivity contribution < 1.29 is 14.2 Å². The number of hydrogen-bond donors (Lipinski definition) is 2. The standard InChI is InChI=1S/C27H22N8O2/c1-2-6-24(36)34-13-5-9-21(34)25-22-17-30-12-14-35(22,29)26(33-25)19-7-3-4-8-20(19)27(37)32-23-15-18(16-28)10-11-31-23/h3-4,7-8,10-12,14-15,17,21H,5,9,13,29H2,1H3/p+1. The minimum Gasteiger partial charge on any atom is -0.323 e. The van der Waals surface area contributed by atoms with Gasteiger partial charge in [-0.25, -0.2) is 4.98 Å². The summed E-state index contributed by atoms with van der Waals surface area (Å²) in [6, 6.07) is 11.8. The third kappa shape index (κ3) is 4.21. The summed E-state index contributed by atoms with van der Waals surface area (Å²) in [5.41, 5.74) is 2.50. The van der Waals surface area contributed by atoms with Gasteiger partial charge in [0.05, 0.1) is 41.2 Å². The zero-order chi connectivity index (χ0) is 26.0. The molecule has 1 saturated heterocycles. The van der Waals surface area contributed by atoms with Crippen LogP contribution in [-0.4, -0.2) is 50.9 Å². The van der Waals surface area contributed by atoms with Crippen molar-refractivity contribution in [3.63, 3.8) is 0 Å². The quantitative estimate of drug-likeness (QED) is 0.385. The molecule has 0 saturated carbocycles. The average molecular weight is 492 g/mol. The molecule has 2 amide bonds. The molecule has 2 aromatic rings. The number of aromatic nitrogens is 1. The van der Waals surface area contributed by atoms with E-state index in [1.54, 1.807) is 60.8 Å². The maximum atomic E-state index is 13.3. The molecule has 1 aromatic heterocycles. The van der Waals surface area contributed by atoms with Crippen LogP contribution in [0.5, 0.6) is 0 Å². The van der Waals surface area contributed by atoms with Gasteiger partial charge in [-0.2, -0.15) is 16.1 Å². The van der Waals surface area contributed by atoms with Gasteiger partial charge in [0.25, 0.3) is 17.6 Å². The van der Waals surface area contributed by atoms with Crippen LogP contribution in [0.15, 0.2) is 76.4 Å². The summed E-state index contributed by atoms with van der Waals surface area (Å²) < 4.78 is -0.288. The number of aliphatic imine (C=N–C) groups is 2. The Labute approximate surface area is 213 Å². The van der Waals surface area contributed by atoms with E-state index >= 15 is 0 Å². The highest BCUT2D eigenvalue weighted by molar-refractivity contribution is 6.13. The summed E-state index contributed by atoms with van der Waals surface area (Å²) in [5.74, 6) is 12.2. The molecule has 0 aliphatic carbocycles. The fourth-order valence-electron chi connectivity index (χ4n) is 4.73. The van der Waals surface area contributed by atoms with E-state index < -0.39 is 5.91 Å². The maximum Gasteiger partial charge on any atom is 0.299 e. The average Bonchev–Trinajstić information content (AvgIpc) is 3.51. The number of likely N-dealkylation sites (tertiary alicyclic amines) is 1. The van der Waals surface area contributed by atoms with E-state index in [4.69, 9.17) is 16.1 Å². The van der Waals surface area contributed by atoms with Crippen molar-refractivity contribution >= 4 is 29.7 Å². The Kier molecular flexibility index (Phi) is 6.20. The highest BCUT2D eigenvalue weighted by Gasteiger charge is 2.48. The Morgan fingerprint density at radius 1 is 1.27 bits per heavy atom. The number of nitriles is 1. The Morgan fingerprint density at radius 2 is 2.11 bits per heavy atom. The number of quaternary nitrogens is 1. The van der Waals surface area contributed by atoms with E-state index in [1.807, 2.05) is 6.07 Å². The predicted octanol–water partition coefficient (Wildman–Crippen LogP) is 2.44. The fourth-order valence-corrected chi connectivity index (χ4v) is 4.73. The lowest BCUT2D eigenvalue weighted by Crippen LogP contribution is -2.53. The minimum atomic E-state index is -0.423. The number of fused-ring (bicyclic) bond motifs is 1. The van der Waals surface area contributed by atoms with Crippen LogP contribution in [0, 0.1) is 23.2 Å². The lowest BCUT2D eigenvalue weighted by molar-refractivity contribution is -0.750. The van der Waals surface area contributed by atoms with E-state index in [-0.39, 0.29) is 22.4 Å². The van der Waals surface area contributed by atoms with Crippen LogP contribution in [0.2, 0.25) is 0 Å². The molecule has 10 nitrogen and oxygen atoms in total. The van der Waals surface area contributed by atoms with E-state index in [0.717, 1.165) is 6.42 Å². The van der Waals surface area contributed by atoms with Gasteiger partial charge in [0.15, 0.2) is 0 Å². The van der Waals surface area contributed by atoms with Crippen molar-refractivity contribution in [2.45, 2.75) is 25.8 Å². The Morgan fingerprint density at radius 3 is 2.92 bits per heavy atom. The van der Waals surface area contributed by atoms with Crippen LogP contribution in [-0.2, 0) is 4.79 Å². The molecular weight excluding hydrogens is 468 g/mol. The van der Waals surface area contributed by atoms with Crippen molar-refractivity contribution in [3.05, 3.63) is 83.1 Å². The van der Waals surface area contributed by atoms with E-state index in [0.29, 0.717) is 46.9 Å². The van der Waals surface area contributed by atoms with Gasteiger partial charge in [-0.3, -0.25) is 14.6 Å². The van der Waals surface area contributed by atoms with Crippen molar-refractivity contribution in [1.29, 1.82) is 5.26 Å². The van der Waals surface area contributed by atoms with Crippen LogP contribution < -0.4 is 11.2 Å². The van der Waals surface area contributed by atoms with E-state index in [9.17, 15) is 9.59 Å². The molecule has 5 rings (SSSR count). The number of nitrogens with two attached hydrogens (primary N) is 1. The largest absolute Gasteiger partial charge is 0.323 e. The summed E-state index contributed by atoms with van der Waals surface area (Å²) in [4.78, 5) is 41.1. The summed E-state index contributed by atoms with van der Waals surface area (Å²) >= 11 is 0. The topological polar surface area (TPSA) is 137 Å². The maximum absolute atomic E-state index is 13.3. The number of hydrogen-bond acceptors (Lipinski definition) is 7. The molecule has 1 fully saturated rings. The van der Waals surface area contributed by atoms with Crippen LogP contribution in [0.1, 0.15) is 41.3 Å². The van der Waals surface area contributed by atoms with Crippen LogP contribution in [0.25, 0.3) is 0 Å². The summed E-state index contributed by atoms with van der Waals surface area (Å²) in [6.07, 6.45) is 7.92. The van der Waals surface area contributed by atoms with E-state index in [1.165, 1.54) is 12.3 Å². The minimum absolute atomic E-state index is 0.255. The van der Waals surface area contributed by atoms with Crippen molar-refractivity contribution in [1.82, 2.24) is 9.88 Å². The number of amidine groups is 1. The number of nitrogens with one attached hydrogen (secondary N) is 1. The smallest absolute Gasteiger partial charge is 0.299 e. The second kappa shape index (κ2) is 9.63. The second-order valence-electron chi connectivity index (χ2n) is 8.63. The van der Waals surface area contributed by atoms with Gasteiger partial charge >= 0.3 is 0 Å². The molecule has 4 heterocycles. The van der Waals surface area contributed by atoms with Gasteiger partial charge in [-0.15, -0.1) is 4.59 Å². The van der Waals surface area contributed by atoms with Crippen molar-refractivity contribution in [2.24, 2.45) is 15.8 Å². The first-order chi connectivity index (χ1) is 18.0. The molecule has 0 spiro atoms. The third-order valence-corrected chi connectivity index (χ3v) is 6.43.